The average Bonchev–Trinajstić information content (AvgIpc) is 2.43. The Balaban J connectivity index is 0.000000217. The van der Waals surface area contributed by atoms with Crippen LogP contribution in [-0.2, 0) is 6.61 Å². The molecule has 6 N–H and O–H groups in total. The first-order valence-corrected chi connectivity index (χ1v) is 6.17. The summed E-state index contributed by atoms with van der Waals surface area (Å²) in [5.74, 6) is 0.444. The molecule has 0 saturated heterocycles. The molecule has 0 fully saturated rings. The van der Waals surface area contributed by atoms with Crippen LogP contribution in [0, 0.1) is 0 Å². The fourth-order valence-electron chi connectivity index (χ4n) is 1.44. The van der Waals surface area contributed by atoms with Gasteiger partial charge in [0.25, 0.3) is 0 Å². The molecule has 2 aromatic rings. The second-order valence-electron chi connectivity index (χ2n) is 4.16. The van der Waals surface area contributed by atoms with Crippen LogP contribution in [0.5, 0.6) is 5.75 Å². The van der Waals surface area contributed by atoms with Crippen molar-refractivity contribution >= 4 is 11.4 Å². The number of rotatable bonds is 3. The molecule has 0 spiro atoms. The summed E-state index contributed by atoms with van der Waals surface area (Å²) in [6.07, 6.45) is -0.865. The van der Waals surface area contributed by atoms with Crippen LogP contribution in [0.15, 0.2) is 48.5 Å². The smallest absolute Gasteiger partial charge is 0.194 e. The van der Waals surface area contributed by atoms with Gasteiger partial charge in [0, 0.05) is 5.69 Å². The topological polar surface area (TPSA) is 102 Å². The van der Waals surface area contributed by atoms with E-state index in [2.05, 4.69) is 0 Å². The van der Waals surface area contributed by atoms with E-state index in [4.69, 9.17) is 26.4 Å². The number of hydrogen-bond acceptors (Lipinski definition) is 5. The van der Waals surface area contributed by atoms with Crippen molar-refractivity contribution in [1.82, 2.24) is 0 Å². The molecule has 1 atom stereocenters. The first-order valence-electron chi connectivity index (χ1n) is 6.17. The molecule has 0 aliphatic heterocycles. The van der Waals surface area contributed by atoms with Crippen LogP contribution in [0.2, 0.25) is 0 Å². The van der Waals surface area contributed by atoms with Gasteiger partial charge >= 0.3 is 0 Å². The Bertz CT molecular complexity index is 516. The fourth-order valence-corrected chi connectivity index (χ4v) is 1.44. The van der Waals surface area contributed by atoms with E-state index < -0.39 is 6.29 Å². The Kier molecular flexibility index (Phi) is 6.36. The van der Waals surface area contributed by atoms with Crippen molar-refractivity contribution in [2.24, 2.45) is 0 Å². The van der Waals surface area contributed by atoms with Gasteiger partial charge in [-0.25, -0.2) is 0 Å². The zero-order valence-corrected chi connectivity index (χ0v) is 11.4. The Morgan fingerprint density at radius 3 is 2.20 bits per heavy atom. The molecular weight excluding hydrogens is 256 g/mol. The van der Waals surface area contributed by atoms with Crippen LogP contribution >= 0.6 is 0 Å². The highest BCUT2D eigenvalue weighted by Gasteiger charge is 2.02. The molecule has 0 bridgehead atoms. The normalized spacial score (nSPS) is 11.2. The first kappa shape index (κ1) is 15.8. The Labute approximate surface area is 118 Å². The van der Waals surface area contributed by atoms with E-state index in [-0.39, 0.29) is 6.61 Å². The van der Waals surface area contributed by atoms with Gasteiger partial charge < -0.3 is 26.4 Å². The molecular formula is C15H20N2O3. The van der Waals surface area contributed by atoms with Crippen molar-refractivity contribution in [1.29, 1.82) is 0 Å². The molecule has 0 amide bonds. The number of ether oxygens (including phenoxy) is 1. The lowest BCUT2D eigenvalue weighted by molar-refractivity contribution is 0.000282. The Morgan fingerprint density at radius 1 is 1.10 bits per heavy atom. The second-order valence-corrected chi connectivity index (χ2v) is 4.16. The van der Waals surface area contributed by atoms with E-state index in [1.54, 1.807) is 18.2 Å². The highest BCUT2D eigenvalue weighted by atomic mass is 16.6. The van der Waals surface area contributed by atoms with Crippen molar-refractivity contribution in [3.8, 4) is 5.75 Å². The van der Waals surface area contributed by atoms with Crippen molar-refractivity contribution in [3.63, 3.8) is 0 Å². The van der Waals surface area contributed by atoms with Gasteiger partial charge in [0.2, 0.25) is 0 Å². The zero-order chi connectivity index (χ0) is 15.0. The van der Waals surface area contributed by atoms with Crippen molar-refractivity contribution in [2.45, 2.75) is 19.8 Å². The summed E-state index contributed by atoms with van der Waals surface area (Å²) in [5, 5.41) is 17.4. The molecule has 0 aromatic heterocycles. The van der Waals surface area contributed by atoms with Gasteiger partial charge in [-0.05, 0) is 30.7 Å². The van der Waals surface area contributed by atoms with Gasteiger partial charge in [-0.1, -0.05) is 30.3 Å². The third-order valence-electron chi connectivity index (χ3n) is 2.36. The van der Waals surface area contributed by atoms with E-state index in [0.29, 0.717) is 17.1 Å². The minimum Gasteiger partial charge on any atom is -0.463 e. The highest BCUT2D eigenvalue weighted by Crippen LogP contribution is 2.23. The lowest BCUT2D eigenvalue weighted by Gasteiger charge is -2.10. The summed E-state index contributed by atoms with van der Waals surface area (Å²) in [5.41, 5.74) is 13.0. The number of aliphatic hydroxyl groups excluding tert-OH is 2. The molecule has 2 aromatic carbocycles. The predicted octanol–water partition coefficient (Wildman–Crippen LogP) is 1.75. The van der Waals surface area contributed by atoms with E-state index in [0.717, 1.165) is 5.56 Å². The summed E-state index contributed by atoms with van der Waals surface area (Å²) >= 11 is 0. The molecule has 0 aliphatic rings. The van der Waals surface area contributed by atoms with Crippen LogP contribution in [0.3, 0.4) is 0 Å². The number of anilines is 2. The first-order chi connectivity index (χ1) is 9.52. The quantitative estimate of drug-likeness (QED) is 0.505. The molecule has 0 aliphatic carbocycles. The van der Waals surface area contributed by atoms with E-state index in [9.17, 15) is 0 Å². The van der Waals surface area contributed by atoms with Gasteiger partial charge in [-0.2, -0.15) is 0 Å². The molecule has 5 nitrogen and oxygen atoms in total. The lowest BCUT2D eigenvalue weighted by Crippen LogP contribution is -2.10. The number of nitrogens with two attached hydrogens (primary N) is 2. The van der Waals surface area contributed by atoms with Gasteiger partial charge in [-0.15, -0.1) is 0 Å². The maximum absolute atomic E-state index is 8.89. The average molecular weight is 276 g/mol. The molecule has 1 unspecified atom stereocenters. The maximum Gasteiger partial charge on any atom is 0.194 e. The fraction of sp³-hybridized carbons (Fsp3) is 0.200. The zero-order valence-electron chi connectivity index (χ0n) is 11.4. The Morgan fingerprint density at radius 2 is 1.75 bits per heavy atom. The Hall–Kier alpha value is -2.24. The van der Waals surface area contributed by atoms with Gasteiger partial charge in [0.1, 0.15) is 5.75 Å². The maximum atomic E-state index is 8.89. The summed E-state index contributed by atoms with van der Waals surface area (Å²) in [4.78, 5) is 0. The van der Waals surface area contributed by atoms with Crippen molar-refractivity contribution in [2.75, 3.05) is 11.5 Å². The summed E-state index contributed by atoms with van der Waals surface area (Å²) in [7, 11) is 0. The molecule has 2 rings (SSSR count). The molecule has 20 heavy (non-hydrogen) atoms. The number of aliphatic hydroxyl groups is 2. The predicted molar refractivity (Wildman–Crippen MR) is 79.9 cm³/mol. The second kappa shape index (κ2) is 8.04. The minimum absolute atomic E-state index is 0.140. The van der Waals surface area contributed by atoms with Gasteiger partial charge in [0.15, 0.2) is 6.29 Å². The van der Waals surface area contributed by atoms with Gasteiger partial charge in [0.05, 0.1) is 12.3 Å². The molecule has 108 valence electrons. The third kappa shape index (κ3) is 5.60. The number of hydrogen-bond donors (Lipinski definition) is 4. The monoisotopic (exact) mass is 276 g/mol. The molecule has 0 saturated carbocycles. The van der Waals surface area contributed by atoms with Crippen LogP contribution in [-0.4, -0.2) is 16.5 Å². The molecule has 0 radical (unpaired) electrons. The third-order valence-corrected chi connectivity index (χ3v) is 2.36. The molecule has 5 heteroatoms. The highest BCUT2D eigenvalue weighted by molar-refractivity contribution is 5.60. The van der Waals surface area contributed by atoms with Crippen LogP contribution in [0.4, 0.5) is 11.4 Å². The largest absolute Gasteiger partial charge is 0.463 e. The van der Waals surface area contributed by atoms with E-state index in [1.165, 1.54) is 6.92 Å². The molecule has 0 heterocycles. The SMILES string of the molecule is CC(O)Oc1ccc(N)cc1N.OCc1ccccc1. The minimum atomic E-state index is -0.865. The number of benzene rings is 2. The lowest BCUT2D eigenvalue weighted by atomic mass is 10.2. The van der Waals surface area contributed by atoms with Crippen LogP contribution in [0.25, 0.3) is 0 Å². The van der Waals surface area contributed by atoms with E-state index in [1.807, 2.05) is 30.3 Å². The van der Waals surface area contributed by atoms with E-state index >= 15 is 0 Å². The summed E-state index contributed by atoms with van der Waals surface area (Å²) < 4.78 is 4.97. The van der Waals surface area contributed by atoms with Crippen LogP contribution < -0.4 is 16.2 Å². The summed E-state index contributed by atoms with van der Waals surface area (Å²) in [6.45, 7) is 1.65. The van der Waals surface area contributed by atoms with Crippen molar-refractivity contribution < 1.29 is 14.9 Å². The summed E-state index contributed by atoms with van der Waals surface area (Å²) in [6, 6.07) is 14.4. The standard InChI is InChI=1S/C8H12N2O2.C7H8O/c1-5(11)12-8-3-2-6(9)4-7(8)10;8-6-7-4-2-1-3-5-7/h2-5,11H,9-10H2,1H3;1-5,8H,6H2. The van der Waals surface area contributed by atoms with Crippen molar-refractivity contribution in [3.05, 3.63) is 54.1 Å². The van der Waals surface area contributed by atoms with Crippen LogP contribution in [0.1, 0.15) is 12.5 Å². The number of nitrogen functional groups attached to an aromatic ring is 2. The van der Waals surface area contributed by atoms with Gasteiger partial charge in [-0.3, -0.25) is 0 Å².